The number of aryl methyl sites for hydroxylation is 2. The molecule has 0 fully saturated rings. The molecule has 10 aromatic rings. The maximum atomic E-state index is 2.43. The van der Waals surface area contributed by atoms with Crippen molar-refractivity contribution in [2.24, 2.45) is 0 Å². The Kier molecular flexibility index (Phi) is 8.24. The average Bonchev–Trinajstić information content (AvgIpc) is 3.62. The van der Waals surface area contributed by atoms with Crippen LogP contribution in [0.2, 0.25) is 0 Å². The average molecular weight is 719 g/mol. The highest BCUT2D eigenvalue weighted by molar-refractivity contribution is 7.23. The quantitative estimate of drug-likeness (QED) is 0.150. The van der Waals surface area contributed by atoms with E-state index >= 15 is 0 Å². The summed E-state index contributed by atoms with van der Waals surface area (Å²) in [5, 5.41) is 6.37. The number of thiophene rings is 1. The molecule has 260 valence electrons. The van der Waals surface area contributed by atoms with Crippen LogP contribution in [-0.2, 0) is 0 Å². The van der Waals surface area contributed by atoms with Gasteiger partial charge in [-0.05, 0) is 97.1 Å². The van der Waals surface area contributed by atoms with Crippen LogP contribution in [0.25, 0.3) is 97.7 Å². The molecule has 0 amide bonds. The van der Waals surface area contributed by atoms with E-state index in [1.54, 1.807) is 0 Å². The Morgan fingerprint density at radius 1 is 0.273 bits per heavy atom. The van der Waals surface area contributed by atoms with E-state index in [4.69, 9.17) is 0 Å². The number of benzene rings is 9. The summed E-state index contributed by atoms with van der Waals surface area (Å²) in [4.78, 5) is 1.32. The molecule has 0 aliphatic heterocycles. The third-order valence-corrected chi connectivity index (χ3v) is 12.3. The van der Waals surface area contributed by atoms with Gasteiger partial charge in [-0.2, -0.15) is 0 Å². The molecule has 0 radical (unpaired) electrons. The van der Waals surface area contributed by atoms with Gasteiger partial charge in [-0.1, -0.05) is 199 Å². The third kappa shape index (κ3) is 5.94. The molecule has 9 aromatic carbocycles. The molecular weight excluding hydrogens is 681 g/mol. The van der Waals surface area contributed by atoms with Gasteiger partial charge in [-0.3, -0.25) is 0 Å². The van der Waals surface area contributed by atoms with Crippen molar-refractivity contribution < 1.29 is 0 Å². The van der Waals surface area contributed by atoms with Gasteiger partial charge in [-0.25, -0.2) is 0 Å². The summed E-state index contributed by atoms with van der Waals surface area (Å²) < 4.78 is 1.30. The van der Waals surface area contributed by atoms with Gasteiger partial charge in [0.1, 0.15) is 0 Å². The molecule has 1 aromatic heterocycles. The Balaban J connectivity index is 1.11. The van der Waals surface area contributed by atoms with Gasteiger partial charge < -0.3 is 0 Å². The Morgan fingerprint density at radius 2 is 0.636 bits per heavy atom. The monoisotopic (exact) mass is 718 g/mol. The van der Waals surface area contributed by atoms with Gasteiger partial charge in [0.15, 0.2) is 0 Å². The van der Waals surface area contributed by atoms with E-state index in [0.717, 1.165) is 0 Å². The zero-order chi connectivity index (χ0) is 36.9. The van der Waals surface area contributed by atoms with Crippen molar-refractivity contribution in [1.82, 2.24) is 0 Å². The summed E-state index contributed by atoms with van der Waals surface area (Å²) in [7, 11) is 0. The fraction of sp³-hybridized carbons (Fsp3) is 0.0370. The predicted molar refractivity (Wildman–Crippen MR) is 239 cm³/mol. The van der Waals surface area contributed by atoms with Crippen molar-refractivity contribution in [1.29, 1.82) is 0 Å². The molecule has 0 aliphatic rings. The molecule has 0 saturated heterocycles. The maximum Gasteiger partial charge on any atom is 0.0433 e. The summed E-state index contributed by atoms with van der Waals surface area (Å²) in [6.45, 7) is 4.31. The smallest absolute Gasteiger partial charge is 0.0433 e. The summed E-state index contributed by atoms with van der Waals surface area (Å²) in [5.41, 5.74) is 16.3. The zero-order valence-electron chi connectivity index (χ0n) is 30.9. The lowest BCUT2D eigenvalue weighted by Crippen LogP contribution is -1.91. The highest BCUT2D eigenvalue weighted by atomic mass is 32.1. The van der Waals surface area contributed by atoms with Gasteiger partial charge in [0.2, 0.25) is 0 Å². The lowest BCUT2D eigenvalue weighted by Gasteiger charge is -2.18. The van der Waals surface area contributed by atoms with Crippen molar-refractivity contribution in [3.05, 3.63) is 205 Å². The molecule has 0 unspecified atom stereocenters. The second kappa shape index (κ2) is 13.7. The largest absolute Gasteiger partial charge is 0.135 e. The number of hydrogen-bond donors (Lipinski definition) is 0. The number of fused-ring (bicyclic) bond motifs is 3. The summed E-state index contributed by atoms with van der Waals surface area (Å²) in [6, 6.07) is 71.6. The number of hydrogen-bond acceptors (Lipinski definition) is 1. The van der Waals surface area contributed by atoms with Crippen LogP contribution in [0.4, 0.5) is 0 Å². The topological polar surface area (TPSA) is 0 Å². The van der Waals surface area contributed by atoms with E-state index in [1.807, 2.05) is 11.3 Å². The molecule has 0 N–H and O–H groups in total. The lowest BCUT2D eigenvalue weighted by molar-refractivity contribution is 1.47. The van der Waals surface area contributed by atoms with E-state index in [0.29, 0.717) is 0 Å². The fourth-order valence-corrected chi connectivity index (χ4v) is 9.50. The molecule has 0 atom stereocenters. The second-order valence-electron chi connectivity index (χ2n) is 14.6. The first-order valence-electron chi connectivity index (χ1n) is 19.0. The highest BCUT2D eigenvalue weighted by Crippen LogP contribution is 2.48. The van der Waals surface area contributed by atoms with Crippen LogP contribution < -0.4 is 0 Å². The molecule has 0 nitrogen and oxygen atoms in total. The normalized spacial score (nSPS) is 11.5. The van der Waals surface area contributed by atoms with Crippen molar-refractivity contribution in [2.45, 2.75) is 13.8 Å². The number of rotatable bonds is 6. The molecular formula is C54H38S. The minimum Gasteiger partial charge on any atom is -0.135 e. The van der Waals surface area contributed by atoms with E-state index in [-0.39, 0.29) is 0 Å². The lowest BCUT2D eigenvalue weighted by atomic mass is 9.85. The van der Waals surface area contributed by atoms with E-state index in [9.17, 15) is 0 Å². The molecule has 0 saturated carbocycles. The Hall–Kier alpha value is -6.54. The van der Waals surface area contributed by atoms with Gasteiger partial charge in [-0.15, -0.1) is 11.3 Å². The minimum atomic E-state index is 1.22. The van der Waals surface area contributed by atoms with Gasteiger partial charge >= 0.3 is 0 Å². The molecule has 1 heterocycles. The standard InChI is InChI=1S/C54H38S/c1-35-16-20-42(21-17-35)53-49-33-32-44(34-50(49)55-54(53)43-22-18-36(2)19-23-43)52-47-14-8-6-12-45(47)51(46-13-7-9-15-48(46)52)41-30-28-40(29-31-41)39-26-24-38(25-27-39)37-10-4-3-5-11-37/h3-34H,1-2H3. The first-order chi connectivity index (χ1) is 27.1. The molecule has 10 rings (SSSR count). The minimum absolute atomic E-state index is 1.22. The van der Waals surface area contributed by atoms with Gasteiger partial charge in [0.05, 0.1) is 0 Å². The fourth-order valence-electron chi connectivity index (χ4n) is 8.23. The van der Waals surface area contributed by atoms with Crippen LogP contribution in [0.1, 0.15) is 11.1 Å². The highest BCUT2D eigenvalue weighted by Gasteiger charge is 2.20. The zero-order valence-corrected chi connectivity index (χ0v) is 31.7. The first kappa shape index (κ1) is 33.1. The van der Waals surface area contributed by atoms with E-state index < -0.39 is 0 Å². The Bertz CT molecular complexity index is 2930. The van der Waals surface area contributed by atoms with Gasteiger partial charge in [0.25, 0.3) is 0 Å². The van der Waals surface area contributed by atoms with Crippen LogP contribution >= 0.6 is 11.3 Å². The molecule has 0 aliphatic carbocycles. The van der Waals surface area contributed by atoms with Crippen LogP contribution in [0.3, 0.4) is 0 Å². The third-order valence-electron chi connectivity index (χ3n) is 11.1. The molecule has 0 spiro atoms. The predicted octanol–water partition coefficient (Wildman–Crippen LogP) is 15.8. The first-order valence-corrected chi connectivity index (χ1v) is 19.8. The SMILES string of the molecule is Cc1ccc(-c2sc3cc(-c4c5ccccc5c(-c5ccc(-c6ccc(-c7ccccc7)cc6)cc5)c5ccccc45)ccc3c2-c2ccc(C)cc2)cc1. The van der Waals surface area contributed by atoms with Crippen molar-refractivity contribution >= 4 is 43.0 Å². The molecule has 55 heavy (non-hydrogen) atoms. The van der Waals surface area contributed by atoms with E-state index in [1.165, 1.54) is 109 Å². The summed E-state index contributed by atoms with van der Waals surface area (Å²) in [6.07, 6.45) is 0. The van der Waals surface area contributed by atoms with Crippen molar-refractivity contribution in [3.8, 4) is 66.1 Å². The molecule has 1 heteroatoms. The maximum absolute atomic E-state index is 2.43. The summed E-state index contributed by atoms with van der Waals surface area (Å²) in [5.74, 6) is 0. The molecule has 0 bridgehead atoms. The van der Waals surface area contributed by atoms with Crippen molar-refractivity contribution in [3.63, 3.8) is 0 Å². The Labute approximate surface area is 326 Å². The van der Waals surface area contributed by atoms with Crippen LogP contribution in [0, 0.1) is 13.8 Å². The van der Waals surface area contributed by atoms with E-state index in [2.05, 4.69) is 208 Å². The Morgan fingerprint density at radius 3 is 1.15 bits per heavy atom. The van der Waals surface area contributed by atoms with Crippen LogP contribution in [-0.4, -0.2) is 0 Å². The van der Waals surface area contributed by atoms with Gasteiger partial charge in [0, 0.05) is 20.5 Å². The van der Waals surface area contributed by atoms with Crippen LogP contribution in [0.5, 0.6) is 0 Å². The summed E-state index contributed by atoms with van der Waals surface area (Å²) >= 11 is 1.90. The second-order valence-corrected chi connectivity index (χ2v) is 15.7. The van der Waals surface area contributed by atoms with Crippen molar-refractivity contribution in [2.75, 3.05) is 0 Å². The van der Waals surface area contributed by atoms with Crippen LogP contribution in [0.15, 0.2) is 194 Å².